The molecule has 32 heavy (non-hydrogen) atoms. The Morgan fingerprint density at radius 1 is 1.09 bits per heavy atom. The molecule has 2 aromatic carbocycles. The molecule has 0 N–H and O–H groups in total. The van der Waals surface area contributed by atoms with E-state index in [1.54, 1.807) is 31.2 Å². The molecule has 1 fully saturated rings. The molecule has 10 heteroatoms. The fourth-order valence-electron chi connectivity index (χ4n) is 3.48. The topological polar surface area (TPSA) is 85.4 Å². The number of morpholine rings is 1. The Kier molecular flexibility index (Phi) is 8.16. The number of nitrogens with zero attached hydrogens (tertiary/aromatic N) is 2. The third-order valence-corrected chi connectivity index (χ3v) is 7.66. The highest BCUT2D eigenvalue weighted by Gasteiger charge is 2.29. The first-order chi connectivity index (χ1) is 15.3. The first-order valence-electron chi connectivity index (χ1n) is 10.1. The van der Waals surface area contributed by atoms with E-state index in [0.29, 0.717) is 31.1 Å². The fraction of sp³-hybridized carbons (Fsp3) is 0.409. The highest BCUT2D eigenvalue weighted by Crippen LogP contribution is 2.29. The number of carbonyl (C=O) groups is 1. The molecule has 1 aliphatic rings. The van der Waals surface area contributed by atoms with E-state index in [4.69, 9.17) is 14.2 Å². The summed E-state index contributed by atoms with van der Waals surface area (Å²) in [6.45, 7) is 1.63. The van der Waals surface area contributed by atoms with Gasteiger partial charge in [0.15, 0.2) is 0 Å². The molecule has 8 nitrogen and oxygen atoms in total. The lowest BCUT2D eigenvalue weighted by Crippen LogP contribution is -2.40. The van der Waals surface area contributed by atoms with Crippen molar-refractivity contribution in [2.24, 2.45) is 0 Å². The molecule has 0 aromatic heterocycles. The fourth-order valence-corrected chi connectivity index (χ4v) is 5.51. The van der Waals surface area contributed by atoms with Crippen molar-refractivity contribution in [3.8, 4) is 11.5 Å². The summed E-state index contributed by atoms with van der Waals surface area (Å²) in [6, 6.07) is 10.4. The zero-order valence-electron chi connectivity index (χ0n) is 18.3. The number of hydrogen-bond acceptors (Lipinski definition) is 6. The number of halogens is 1. The van der Waals surface area contributed by atoms with Crippen LogP contribution in [0.25, 0.3) is 0 Å². The van der Waals surface area contributed by atoms with Crippen molar-refractivity contribution in [1.29, 1.82) is 0 Å². The Labute approximate surface area is 197 Å². The number of carbonyl (C=O) groups excluding carboxylic acids is 1. The van der Waals surface area contributed by atoms with Gasteiger partial charge in [-0.05, 0) is 35.9 Å². The number of likely N-dealkylation sites (N-methyl/N-ethyl adjacent to an activating group) is 1. The van der Waals surface area contributed by atoms with Crippen molar-refractivity contribution in [2.75, 3.05) is 47.6 Å². The third-order valence-electron chi connectivity index (χ3n) is 5.25. The Morgan fingerprint density at radius 3 is 2.41 bits per heavy atom. The van der Waals surface area contributed by atoms with Crippen molar-refractivity contribution in [3.05, 3.63) is 52.0 Å². The zero-order chi connectivity index (χ0) is 23.3. The number of ether oxygens (including phenoxy) is 3. The second-order valence-electron chi connectivity index (χ2n) is 7.38. The Hall–Kier alpha value is -2.14. The van der Waals surface area contributed by atoms with E-state index in [9.17, 15) is 13.2 Å². The predicted octanol–water partition coefficient (Wildman–Crippen LogP) is 2.69. The first kappa shape index (κ1) is 24.5. The molecule has 1 heterocycles. The van der Waals surface area contributed by atoms with Crippen molar-refractivity contribution < 1.29 is 27.4 Å². The Morgan fingerprint density at radius 2 is 1.75 bits per heavy atom. The van der Waals surface area contributed by atoms with Gasteiger partial charge in [0.25, 0.3) is 0 Å². The summed E-state index contributed by atoms with van der Waals surface area (Å²) in [5.74, 6) is 0.794. The molecule has 174 valence electrons. The van der Waals surface area contributed by atoms with Crippen LogP contribution in [0.2, 0.25) is 0 Å². The lowest BCUT2D eigenvalue weighted by molar-refractivity contribution is -0.129. The maximum atomic E-state index is 13.2. The van der Waals surface area contributed by atoms with E-state index < -0.39 is 10.0 Å². The number of benzene rings is 2. The van der Waals surface area contributed by atoms with Gasteiger partial charge in [-0.3, -0.25) is 4.79 Å². The molecule has 0 aliphatic carbocycles. The lowest BCUT2D eigenvalue weighted by atomic mass is 10.1. The summed E-state index contributed by atoms with van der Waals surface area (Å²) in [6.07, 6.45) is 0.0580. The average Bonchev–Trinajstić information content (AvgIpc) is 2.79. The molecule has 0 saturated carbocycles. The van der Waals surface area contributed by atoms with Crippen LogP contribution < -0.4 is 9.47 Å². The van der Waals surface area contributed by atoms with Gasteiger partial charge < -0.3 is 19.1 Å². The first-order valence-corrected chi connectivity index (χ1v) is 12.3. The van der Waals surface area contributed by atoms with Crippen molar-refractivity contribution in [3.63, 3.8) is 0 Å². The summed E-state index contributed by atoms with van der Waals surface area (Å²) < 4.78 is 44.5. The maximum Gasteiger partial charge on any atom is 0.246 e. The summed E-state index contributed by atoms with van der Waals surface area (Å²) in [5.41, 5.74) is 1.46. The van der Waals surface area contributed by atoms with E-state index in [2.05, 4.69) is 15.9 Å². The van der Waals surface area contributed by atoms with Crippen LogP contribution in [0.1, 0.15) is 11.1 Å². The molecule has 1 amide bonds. The molecule has 0 spiro atoms. The van der Waals surface area contributed by atoms with Gasteiger partial charge in [-0.25, -0.2) is 8.42 Å². The highest BCUT2D eigenvalue weighted by molar-refractivity contribution is 9.10. The molecule has 0 unspecified atom stereocenters. The summed E-state index contributed by atoms with van der Waals surface area (Å²) in [7, 11) is 0.956. The Bertz CT molecular complexity index is 1070. The van der Waals surface area contributed by atoms with Gasteiger partial charge in [0.05, 0.1) is 33.9 Å². The molecule has 3 rings (SSSR count). The van der Waals surface area contributed by atoms with Crippen LogP contribution in [0.15, 0.2) is 45.8 Å². The second kappa shape index (κ2) is 10.7. The van der Waals surface area contributed by atoms with E-state index >= 15 is 0 Å². The Balaban J connectivity index is 1.79. The van der Waals surface area contributed by atoms with Crippen molar-refractivity contribution in [2.45, 2.75) is 17.9 Å². The summed E-state index contributed by atoms with van der Waals surface area (Å²) >= 11 is 3.44. The van der Waals surface area contributed by atoms with Crippen molar-refractivity contribution >= 4 is 31.9 Å². The van der Waals surface area contributed by atoms with Crippen LogP contribution in [-0.4, -0.2) is 71.1 Å². The smallest absolute Gasteiger partial charge is 0.246 e. The van der Waals surface area contributed by atoms with Crippen LogP contribution >= 0.6 is 15.9 Å². The normalized spacial score (nSPS) is 14.8. The van der Waals surface area contributed by atoms with E-state index in [1.807, 2.05) is 18.2 Å². The minimum absolute atomic E-state index is 0.0580. The molecular weight excluding hydrogens is 500 g/mol. The molecule has 0 atom stereocenters. The van der Waals surface area contributed by atoms with Gasteiger partial charge in [-0.15, -0.1) is 0 Å². The number of rotatable bonds is 8. The summed E-state index contributed by atoms with van der Waals surface area (Å²) in [5, 5.41) is 0. The average molecular weight is 527 g/mol. The molecule has 2 aromatic rings. The minimum atomic E-state index is -3.76. The SMILES string of the molecule is COc1ccc(Br)cc1CN(C)C(=O)Cc1ccc(OC)c(S(=O)(=O)N2CCOCC2)c1. The van der Waals surface area contributed by atoms with E-state index in [1.165, 1.54) is 17.5 Å². The van der Waals surface area contributed by atoms with Gasteiger partial charge in [-0.1, -0.05) is 22.0 Å². The molecular formula is C22H27BrN2O6S. The monoisotopic (exact) mass is 526 g/mol. The number of sulfonamides is 1. The molecule has 0 bridgehead atoms. The molecule has 0 radical (unpaired) electrons. The van der Waals surface area contributed by atoms with Crippen LogP contribution in [0.4, 0.5) is 0 Å². The molecule has 1 saturated heterocycles. The molecule has 1 aliphatic heterocycles. The quantitative estimate of drug-likeness (QED) is 0.525. The van der Waals surface area contributed by atoms with Crippen LogP contribution in [-0.2, 0) is 32.5 Å². The van der Waals surface area contributed by atoms with Crippen LogP contribution in [0, 0.1) is 0 Å². The number of hydrogen-bond donors (Lipinski definition) is 0. The van der Waals surface area contributed by atoms with Gasteiger partial charge in [0.2, 0.25) is 15.9 Å². The van der Waals surface area contributed by atoms with Gasteiger partial charge >= 0.3 is 0 Å². The minimum Gasteiger partial charge on any atom is -0.496 e. The van der Waals surface area contributed by atoms with Gasteiger partial charge in [0, 0.05) is 36.7 Å². The number of methoxy groups -OCH3 is 2. The van der Waals surface area contributed by atoms with E-state index in [0.717, 1.165) is 10.0 Å². The standard InChI is InChI=1S/C22H27BrN2O6S/c1-24(15-17-14-18(23)5-7-19(17)29-2)22(26)13-16-4-6-20(30-3)21(12-16)32(27,28)25-8-10-31-11-9-25/h4-7,12,14H,8-11,13,15H2,1-3H3. The van der Waals surface area contributed by atoms with E-state index in [-0.39, 0.29) is 36.1 Å². The third kappa shape index (κ3) is 5.61. The zero-order valence-corrected chi connectivity index (χ0v) is 20.7. The second-order valence-corrected chi connectivity index (χ2v) is 10.2. The predicted molar refractivity (Wildman–Crippen MR) is 123 cm³/mol. The number of amides is 1. The highest BCUT2D eigenvalue weighted by atomic mass is 79.9. The maximum absolute atomic E-state index is 13.2. The van der Waals surface area contributed by atoms with Gasteiger partial charge in [-0.2, -0.15) is 4.31 Å². The van der Waals surface area contributed by atoms with Crippen LogP contribution in [0.5, 0.6) is 11.5 Å². The van der Waals surface area contributed by atoms with Gasteiger partial charge in [0.1, 0.15) is 16.4 Å². The summed E-state index contributed by atoms with van der Waals surface area (Å²) in [4.78, 5) is 14.5. The lowest BCUT2D eigenvalue weighted by Gasteiger charge is -2.27. The largest absolute Gasteiger partial charge is 0.496 e. The van der Waals surface area contributed by atoms with Crippen molar-refractivity contribution in [1.82, 2.24) is 9.21 Å². The van der Waals surface area contributed by atoms with Crippen LogP contribution in [0.3, 0.4) is 0 Å².